The number of hydrogen-bond acceptors (Lipinski definition) is 7. The van der Waals surface area contributed by atoms with Crippen LogP contribution in [0.5, 0.6) is 17.2 Å². The number of ether oxygens (including phenoxy) is 2. The lowest BCUT2D eigenvalue weighted by molar-refractivity contribution is -0.107. The summed E-state index contributed by atoms with van der Waals surface area (Å²) in [5.74, 6) is 2.08. The Morgan fingerprint density at radius 3 is 2.50 bits per heavy atom. The summed E-state index contributed by atoms with van der Waals surface area (Å²) in [6.07, 6.45) is 2.62. The smallest absolute Gasteiger partial charge is 0.204 e. The number of nitrogens with one attached hydrogen (secondary N) is 1. The number of nitrogens with zero attached hydrogens (tertiary/aromatic N) is 3. The third-order valence-electron chi connectivity index (χ3n) is 4.29. The van der Waals surface area contributed by atoms with Gasteiger partial charge >= 0.3 is 0 Å². The molecule has 0 unspecified atom stereocenters. The van der Waals surface area contributed by atoms with E-state index in [0.717, 1.165) is 30.4 Å². The number of hydrogen-bond donors (Lipinski definition) is 2. The van der Waals surface area contributed by atoms with E-state index < -0.39 is 0 Å². The summed E-state index contributed by atoms with van der Waals surface area (Å²) in [7, 11) is 0. The molecule has 0 saturated heterocycles. The van der Waals surface area contributed by atoms with E-state index in [0.29, 0.717) is 35.9 Å². The van der Waals surface area contributed by atoms with Crippen LogP contribution in [0.4, 0.5) is 0 Å². The van der Waals surface area contributed by atoms with Crippen molar-refractivity contribution in [3.63, 3.8) is 0 Å². The van der Waals surface area contributed by atoms with E-state index in [-0.39, 0.29) is 12.2 Å². The maximum absolute atomic E-state index is 10.6. The number of carbonyl (C=O) groups is 1. The molecular weight excluding hydrogens is 360 g/mol. The van der Waals surface area contributed by atoms with Gasteiger partial charge in [0.1, 0.15) is 23.5 Å². The summed E-state index contributed by atoms with van der Waals surface area (Å²) in [5, 5.41) is 23.9. The molecule has 0 aliphatic heterocycles. The molecule has 3 rings (SSSR count). The normalized spacial score (nSPS) is 10.6. The molecule has 0 aliphatic carbocycles. The fraction of sp³-hybridized carbons (Fsp3) is 0.300. The van der Waals surface area contributed by atoms with E-state index in [4.69, 9.17) is 9.47 Å². The zero-order valence-electron chi connectivity index (χ0n) is 15.6. The molecule has 146 valence electrons. The summed E-state index contributed by atoms with van der Waals surface area (Å²) < 4.78 is 11.5. The van der Waals surface area contributed by atoms with Gasteiger partial charge in [0, 0.05) is 23.1 Å². The molecule has 0 atom stereocenters. The lowest BCUT2D eigenvalue weighted by Crippen LogP contribution is -2.03. The average molecular weight is 382 g/mol. The average Bonchev–Trinajstić information content (AvgIpc) is 3.25. The van der Waals surface area contributed by atoms with Crippen molar-refractivity contribution in [1.29, 1.82) is 0 Å². The minimum atomic E-state index is 0.122. The highest BCUT2D eigenvalue weighted by molar-refractivity contribution is 5.60. The van der Waals surface area contributed by atoms with Gasteiger partial charge in [-0.15, -0.1) is 10.2 Å². The Morgan fingerprint density at radius 1 is 1.07 bits per heavy atom. The van der Waals surface area contributed by atoms with E-state index >= 15 is 0 Å². The third-order valence-corrected chi connectivity index (χ3v) is 4.29. The predicted molar refractivity (Wildman–Crippen MR) is 102 cm³/mol. The number of tetrazole rings is 1. The van der Waals surface area contributed by atoms with Crippen LogP contribution in [0.15, 0.2) is 36.4 Å². The van der Waals surface area contributed by atoms with Crippen molar-refractivity contribution in [2.45, 2.75) is 26.2 Å². The van der Waals surface area contributed by atoms with Gasteiger partial charge in [0.05, 0.1) is 13.2 Å². The molecule has 28 heavy (non-hydrogen) atoms. The number of H-pyrrole nitrogens is 1. The standard InChI is InChI=1S/C20H22N4O4/c1-14-18(9-6-15(10-11-25)19(14)26)28-13-3-2-12-27-17-7-4-16(5-8-17)20-21-23-24-22-20/h4-9,11,26H,2-3,10,12-13H2,1H3,(H,21,22,23,24). The maximum atomic E-state index is 10.6. The Labute approximate surface area is 162 Å². The lowest BCUT2D eigenvalue weighted by Gasteiger charge is -2.12. The van der Waals surface area contributed by atoms with Crippen molar-refractivity contribution in [1.82, 2.24) is 20.6 Å². The first kappa shape index (κ1) is 19.3. The van der Waals surface area contributed by atoms with Gasteiger partial charge in [-0.05, 0) is 55.3 Å². The second kappa shape index (κ2) is 9.50. The number of phenols is 1. The summed E-state index contributed by atoms with van der Waals surface area (Å²) >= 11 is 0. The molecule has 2 N–H and O–H groups in total. The molecule has 0 fully saturated rings. The fourth-order valence-corrected chi connectivity index (χ4v) is 2.71. The largest absolute Gasteiger partial charge is 0.507 e. The van der Waals surface area contributed by atoms with Crippen molar-refractivity contribution < 1.29 is 19.4 Å². The molecule has 0 aliphatic rings. The van der Waals surface area contributed by atoms with Gasteiger partial charge in [-0.1, -0.05) is 6.07 Å². The van der Waals surface area contributed by atoms with Gasteiger partial charge in [0.25, 0.3) is 0 Å². The zero-order chi connectivity index (χ0) is 19.8. The molecule has 0 spiro atoms. The van der Waals surface area contributed by atoms with Gasteiger partial charge in [0.15, 0.2) is 0 Å². The summed E-state index contributed by atoms with van der Waals surface area (Å²) in [6, 6.07) is 11.0. The van der Waals surface area contributed by atoms with Crippen LogP contribution < -0.4 is 9.47 Å². The van der Waals surface area contributed by atoms with Crippen LogP contribution in [0, 0.1) is 6.92 Å². The highest BCUT2D eigenvalue weighted by Crippen LogP contribution is 2.30. The van der Waals surface area contributed by atoms with Crippen LogP contribution in [0.2, 0.25) is 0 Å². The molecule has 1 aromatic heterocycles. The predicted octanol–water partition coefficient (Wildman–Crippen LogP) is 2.86. The fourth-order valence-electron chi connectivity index (χ4n) is 2.71. The van der Waals surface area contributed by atoms with E-state index in [1.165, 1.54) is 0 Å². The van der Waals surface area contributed by atoms with Crippen LogP contribution in [-0.4, -0.2) is 45.2 Å². The first-order valence-electron chi connectivity index (χ1n) is 9.03. The van der Waals surface area contributed by atoms with Gasteiger partial charge in [-0.2, -0.15) is 5.21 Å². The Balaban J connectivity index is 1.38. The summed E-state index contributed by atoms with van der Waals surface area (Å²) in [5.41, 5.74) is 2.13. The van der Waals surface area contributed by atoms with Gasteiger partial charge in [-0.3, -0.25) is 0 Å². The molecular formula is C20H22N4O4. The third kappa shape index (κ3) is 4.85. The van der Waals surface area contributed by atoms with E-state index in [9.17, 15) is 9.90 Å². The number of aromatic hydroxyl groups is 1. The quantitative estimate of drug-likeness (QED) is 0.410. The molecule has 0 saturated carbocycles. The number of carbonyl (C=O) groups excluding carboxylic acids is 1. The van der Waals surface area contributed by atoms with Crippen molar-refractivity contribution in [2.24, 2.45) is 0 Å². The SMILES string of the molecule is Cc1c(OCCCCOc2ccc(-c3nn[nH]n3)cc2)ccc(CC=O)c1O. The molecule has 1 heterocycles. The van der Waals surface area contributed by atoms with Gasteiger partial charge in [0.2, 0.25) is 5.82 Å². The van der Waals surface area contributed by atoms with Crippen molar-refractivity contribution in [3.05, 3.63) is 47.5 Å². The number of rotatable bonds is 10. The summed E-state index contributed by atoms with van der Waals surface area (Å²) in [6.45, 7) is 2.88. The minimum Gasteiger partial charge on any atom is -0.507 e. The van der Waals surface area contributed by atoms with E-state index in [1.54, 1.807) is 19.1 Å². The summed E-state index contributed by atoms with van der Waals surface area (Å²) in [4.78, 5) is 10.6. The van der Waals surface area contributed by atoms with E-state index in [2.05, 4.69) is 20.6 Å². The molecule has 8 heteroatoms. The second-order valence-corrected chi connectivity index (χ2v) is 6.23. The number of benzene rings is 2. The zero-order valence-corrected chi connectivity index (χ0v) is 15.6. The molecule has 0 radical (unpaired) electrons. The van der Waals surface area contributed by atoms with Crippen LogP contribution in [0.3, 0.4) is 0 Å². The number of aldehydes is 1. The molecule has 2 aromatic carbocycles. The van der Waals surface area contributed by atoms with Crippen LogP contribution in [0.25, 0.3) is 11.4 Å². The molecule has 8 nitrogen and oxygen atoms in total. The van der Waals surface area contributed by atoms with Crippen LogP contribution in [0.1, 0.15) is 24.0 Å². The molecule has 0 amide bonds. The topological polar surface area (TPSA) is 110 Å². The highest BCUT2D eigenvalue weighted by Gasteiger charge is 2.09. The van der Waals surface area contributed by atoms with E-state index in [1.807, 2.05) is 24.3 Å². The maximum Gasteiger partial charge on any atom is 0.204 e. The van der Waals surface area contributed by atoms with Gasteiger partial charge < -0.3 is 19.4 Å². The van der Waals surface area contributed by atoms with Gasteiger partial charge in [-0.25, -0.2) is 0 Å². The number of phenolic OH excluding ortho intramolecular Hbond substituents is 1. The Morgan fingerprint density at radius 2 is 1.82 bits per heavy atom. The van der Waals surface area contributed by atoms with Crippen LogP contribution in [-0.2, 0) is 11.2 Å². The van der Waals surface area contributed by atoms with Crippen molar-refractivity contribution >= 4 is 6.29 Å². The Bertz CT molecular complexity index is 895. The monoisotopic (exact) mass is 382 g/mol. The molecule has 0 bridgehead atoms. The van der Waals surface area contributed by atoms with Crippen molar-refractivity contribution in [3.8, 4) is 28.6 Å². The molecule has 3 aromatic rings. The lowest BCUT2D eigenvalue weighted by atomic mass is 10.1. The van der Waals surface area contributed by atoms with Crippen LogP contribution >= 0.6 is 0 Å². The number of aromatic nitrogens is 4. The highest BCUT2D eigenvalue weighted by atomic mass is 16.5. The number of unbranched alkanes of at least 4 members (excludes halogenated alkanes) is 1. The first-order valence-corrected chi connectivity index (χ1v) is 9.03. The number of aromatic amines is 1. The first-order chi connectivity index (χ1) is 13.7. The second-order valence-electron chi connectivity index (χ2n) is 6.23. The van der Waals surface area contributed by atoms with Crippen molar-refractivity contribution in [2.75, 3.05) is 13.2 Å². The Kier molecular flexibility index (Phi) is 6.56. The Hall–Kier alpha value is -3.42. The minimum absolute atomic E-state index is 0.122.